The van der Waals surface area contributed by atoms with Crippen LogP contribution in [0.2, 0.25) is 0 Å². The van der Waals surface area contributed by atoms with Crippen LogP contribution in [0.15, 0.2) is 42.7 Å². The third-order valence-electron chi connectivity index (χ3n) is 4.06. The quantitative estimate of drug-likeness (QED) is 0.880. The molecule has 1 aromatic heterocycles. The summed E-state index contributed by atoms with van der Waals surface area (Å²) in [6.07, 6.45) is 6.49. The minimum absolute atomic E-state index is 0.0948. The molecule has 2 heterocycles. The summed E-state index contributed by atoms with van der Waals surface area (Å²) in [6, 6.07) is 9.83. The maximum atomic E-state index is 12.0. The van der Waals surface area contributed by atoms with Crippen molar-refractivity contribution in [2.75, 3.05) is 19.6 Å². The van der Waals surface area contributed by atoms with Crippen molar-refractivity contribution in [2.45, 2.75) is 19.3 Å². The molecule has 1 atom stereocenters. The van der Waals surface area contributed by atoms with E-state index in [1.165, 1.54) is 12.8 Å². The molecule has 116 valence electrons. The highest BCUT2D eigenvalue weighted by atomic mass is 16.1. The molecule has 0 saturated carbocycles. The maximum absolute atomic E-state index is 12.0. The Morgan fingerprint density at radius 3 is 2.91 bits per heavy atom. The largest absolute Gasteiger partial charge is 0.355 e. The van der Waals surface area contributed by atoms with Crippen molar-refractivity contribution >= 4 is 5.91 Å². The highest BCUT2D eigenvalue weighted by Gasteiger charge is 2.13. The number of carbonyl (C=O) groups is 1. The van der Waals surface area contributed by atoms with Crippen molar-refractivity contribution in [3.05, 3.63) is 48.3 Å². The standard InChI is InChI=1S/C17H22N4O/c22-17(19-13-15-3-1-8-18-12-15)11-14-4-6-16(7-5-14)21-10-2-9-20-21/h2,4-7,9-10,15,18H,1,3,8,11-13H2,(H,19,22). The van der Waals surface area contributed by atoms with Crippen molar-refractivity contribution < 1.29 is 4.79 Å². The lowest BCUT2D eigenvalue weighted by atomic mass is 9.99. The molecule has 5 nitrogen and oxygen atoms in total. The fourth-order valence-corrected chi connectivity index (χ4v) is 2.79. The molecule has 0 bridgehead atoms. The summed E-state index contributed by atoms with van der Waals surface area (Å²) in [5.74, 6) is 0.664. The molecular weight excluding hydrogens is 276 g/mol. The highest BCUT2D eigenvalue weighted by Crippen LogP contribution is 2.10. The van der Waals surface area contributed by atoms with E-state index in [1.807, 2.05) is 36.5 Å². The van der Waals surface area contributed by atoms with Gasteiger partial charge in [-0.1, -0.05) is 12.1 Å². The molecule has 1 fully saturated rings. The van der Waals surface area contributed by atoms with Crippen molar-refractivity contribution in [3.63, 3.8) is 0 Å². The highest BCUT2D eigenvalue weighted by molar-refractivity contribution is 5.78. The number of piperidine rings is 1. The molecule has 22 heavy (non-hydrogen) atoms. The number of hydrogen-bond donors (Lipinski definition) is 2. The van der Waals surface area contributed by atoms with Crippen LogP contribution in [-0.2, 0) is 11.2 Å². The molecule has 1 aliphatic heterocycles. The lowest BCUT2D eigenvalue weighted by Gasteiger charge is -2.22. The van der Waals surface area contributed by atoms with E-state index >= 15 is 0 Å². The summed E-state index contributed by atoms with van der Waals surface area (Å²) in [5, 5.41) is 10.6. The van der Waals surface area contributed by atoms with E-state index in [-0.39, 0.29) is 5.91 Å². The van der Waals surface area contributed by atoms with Crippen molar-refractivity contribution in [3.8, 4) is 5.69 Å². The average Bonchev–Trinajstić information content (AvgIpc) is 3.09. The normalized spacial score (nSPS) is 18.1. The number of benzene rings is 1. The molecule has 1 aromatic carbocycles. The number of nitrogens with zero attached hydrogens (tertiary/aromatic N) is 2. The zero-order valence-corrected chi connectivity index (χ0v) is 12.7. The minimum atomic E-state index is 0.0948. The van der Waals surface area contributed by atoms with Gasteiger partial charge in [0.15, 0.2) is 0 Å². The summed E-state index contributed by atoms with van der Waals surface area (Å²) < 4.78 is 1.81. The van der Waals surface area contributed by atoms with Gasteiger partial charge in [0, 0.05) is 18.9 Å². The van der Waals surface area contributed by atoms with Crippen LogP contribution in [-0.4, -0.2) is 35.3 Å². The zero-order valence-electron chi connectivity index (χ0n) is 12.7. The summed E-state index contributed by atoms with van der Waals surface area (Å²) in [5.41, 5.74) is 2.03. The van der Waals surface area contributed by atoms with Gasteiger partial charge < -0.3 is 10.6 Å². The van der Waals surface area contributed by atoms with Crippen molar-refractivity contribution in [1.29, 1.82) is 0 Å². The van der Waals surface area contributed by atoms with E-state index in [1.54, 1.807) is 10.9 Å². The number of nitrogens with one attached hydrogen (secondary N) is 2. The van der Waals surface area contributed by atoms with Crippen LogP contribution in [0.5, 0.6) is 0 Å². The summed E-state index contributed by atoms with van der Waals surface area (Å²) in [4.78, 5) is 12.0. The first-order chi connectivity index (χ1) is 10.8. The number of aromatic nitrogens is 2. The van der Waals surface area contributed by atoms with E-state index in [4.69, 9.17) is 0 Å². The Morgan fingerprint density at radius 2 is 2.23 bits per heavy atom. The van der Waals surface area contributed by atoms with Gasteiger partial charge in [-0.3, -0.25) is 4.79 Å². The second-order valence-corrected chi connectivity index (χ2v) is 5.81. The third kappa shape index (κ3) is 3.95. The van der Waals surface area contributed by atoms with Gasteiger partial charge in [0.05, 0.1) is 12.1 Å². The molecule has 2 aromatic rings. The Balaban J connectivity index is 1.48. The van der Waals surface area contributed by atoms with Gasteiger partial charge in [-0.15, -0.1) is 0 Å². The van der Waals surface area contributed by atoms with Crippen LogP contribution in [0, 0.1) is 5.92 Å². The number of amides is 1. The number of carbonyl (C=O) groups excluding carboxylic acids is 1. The number of rotatable bonds is 5. The van der Waals surface area contributed by atoms with Crippen LogP contribution in [0.4, 0.5) is 0 Å². The van der Waals surface area contributed by atoms with Crippen LogP contribution >= 0.6 is 0 Å². The Labute approximate surface area is 130 Å². The van der Waals surface area contributed by atoms with Gasteiger partial charge in [0.1, 0.15) is 0 Å². The lowest BCUT2D eigenvalue weighted by Crippen LogP contribution is -2.38. The van der Waals surface area contributed by atoms with Gasteiger partial charge in [0.2, 0.25) is 5.91 Å². The van der Waals surface area contributed by atoms with Crippen LogP contribution in [0.25, 0.3) is 5.69 Å². The molecule has 1 amide bonds. The van der Waals surface area contributed by atoms with Crippen LogP contribution < -0.4 is 10.6 Å². The second-order valence-electron chi connectivity index (χ2n) is 5.81. The van der Waals surface area contributed by atoms with Gasteiger partial charge in [0.25, 0.3) is 0 Å². The van der Waals surface area contributed by atoms with Crippen molar-refractivity contribution in [1.82, 2.24) is 20.4 Å². The van der Waals surface area contributed by atoms with E-state index in [0.717, 1.165) is 30.9 Å². The lowest BCUT2D eigenvalue weighted by molar-refractivity contribution is -0.120. The van der Waals surface area contributed by atoms with Gasteiger partial charge in [-0.25, -0.2) is 4.68 Å². The molecule has 0 radical (unpaired) electrons. The molecule has 5 heteroatoms. The van der Waals surface area contributed by atoms with Crippen LogP contribution in [0.3, 0.4) is 0 Å². The summed E-state index contributed by atoms with van der Waals surface area (Å²) in [6.45, 7) is 2.89. The van der Waals surface area contributed by atoms with E-state index in [2.05, 4.69) is 15.7 Å². The fraction of sp³-hybridized carbons (Fsp3) is 0.412. The monoisotopic (exact) mass is 298 g/mol. The molecule has 0 spiro atoms. The predicted molar refractivity (Wildman–Crippen MR) is 85.9 cm³/mol. The molecule has 0 aliphatic carbocycles. The van der Waals surface area contributed by atoms with E-state index in [0.29, 0.717) is 12.3 Å². The first-order valence-corrected chi connectivity index (χ1v) is 7.87. The minimum Gasteiger partial charge on any atom is -0.355 e. The average molecular weight is 298 g/mol. The summed E-state index contributed by atoms with van der Waals surface area (Å²) >= 11 is 0. The van der Waals surface area contributed by atoms with Crippen molar-refractivity contribution in [2.24, 2.45) is 5.92 Å². The SMILES string of the molecule is O=C(Cc1ccc(-n2cccn2)cc1)NCC1CCCNC1. The first kappa shape index (κ1) is 14.8. The van der Waals surface area contributed by atoms with Gasteiger partial charge in [-0.2, -0.15) is 5.10 Å². The molecule has 1 saturated heterocycles. The third-order valence-corrected chi connectivity index (χ3v) is 4.06. The van der Waals surface area contributed by atoms with Gasteiger partial charge >= 0.3 is 0 Å². The first-order valence-electron chi connectivity index (χ1n) is 7.87. The molecular formula is C17H22N4O. The summed E-state index contributed by atoms with van der Waals surface area (Å²) in [7, 11) is 0. The molecule has 3 rings (SSSR count). The molecule has 2 N–H and O–H groups in total. The molecule has 1 aliphatic rings. The fourth-order valence-electron chi connectivity index (χ4n) is 2.79. The number of hydrogen-bond acceptors (Lipinski definition) is 3. The van der Waals surface area contributed by atoms with Crippen LogP contribution in [0.1, 0.15) is 18.4 Å². The Kier molecular flexibility index (Phi) is 4.85. The predicted octanol–water partition coefficient (Wildman–Crippen LogP) is 1.53. The van der Waals surface area contributed by atoms with Gasteiger partial charge in [-0.05, 0) is 55.6 Å². The van der Waals surface area contributed by atoms with E-state index in [9.17, 15) is 4.79 Å². The Morgan fingerprint density at radius 1 is 1.36 bits per heavy atom. The molecule has 1 unspecified atom stereocenters. The topological polar surface area (TPSA) is 59.0 Å². The van der Waals surface area contributed by atoms with E-state index < -0.39 is 0 Å². The Hall–Kier alpha value is -2.14. The Bertz CT molecular complexity index is 586. The smallest absolute Gasteiger partial charge is 0.224 e. The second kappa shape index (κ2) is 7.22. The zero-order chi connectivity index (χ0) is 15.2. The maximum Gasteiger partial charge on any atom is 0.224 e.